The van der Waals surface area contributed by atoms with Gasteiger partial charge in [0.15, 0.2) is 0 Å². The summed E-state index contributed by atoms with van der Waals surface area (Å²) in [5, 5.41) is 3.00. The Balaban J connectivity index is 1.19. The molecule has 8 heteroatoms. The molecule has 2 aromatic carbocycles. The highest BCUT2D eigenvalue weighted by Crippen LogP contribution is 2.24. The van der Waals surface area contributed by atoms with Crippen LogP contribution in [0.5, 0.6) is 0 Å². The summed E-state index contributed by atoms with van der Waals surface area (Å²) in [6, 6.07) is 14.3. The van der Waals surface area contributed by atoms with E-state index in [1.54, 1.807) is 47.4 Å². The first-order valence-electron chi connectivity index (χ1n) is 11.3. The molecule has 1 saturated heterocycles. The van der Waals surface area contributed by atoms with Crippen LogP contribution in [-0.2, 0) is 11.3 Å². The quantitative estimate of drug-likeness (QED) is 0.680. The van der Waals surface area contributed by atoms with E-state index in [0.717, 1.165) is 18.4 Å². The molecule has 2 aromatic rings. The molecule has 2 heterocycles. The third-order valence-corrected chi connectivity index (χ3v) is 6.36. The molecular formula is C25H26N4O4. The second-order valence-electron chi connectivity index (χ2n) is 8.85. The van der Waals surface area contributed by atoms with Crippen molar-refractivity contribution in [3.63, 3.8) is 0 Å². The van der Waals surface area contributed by atoms with Gasteiger partial charge in [-0.2, -0.15) is 0 Å². The van der Waals surface area contributed by atoms with Crippen LogP contribution in [0.2, 0.25) is 0 Å². The molecule has 33 heavy (non-hydrogen) atoms. The van der Waals surface area contributed by atoms with E-state index in [4.69, 9.17) is 0 Å². The number of carbonyl (C=O) groups excluding carboxylic acids is 4. The summed E-state index contributed by atoms with van der Waals surface area (Å²) >= 11 is 0. The number of amides is 4. The van der Waals surface area contributed by atoms with Gasteiger partial charge in [-0.3, -0.25) is 29.0 Å². The lowest BCUT2D eigenvalue weighted by Gasteiger charge is -2.34. The zero-order chi connectivity index (χ0) is 22.9. The van der Waals surface area contributed by atoms with Crippen LogP contribution in [0.25, 0.3) is 0 Å². The highest BCUT2D eigenvalue weighted by molar-refractivity contribution is 6.21. The number of hydrogen-bond donors (Lipinski definition) is 1. The van der Waals surface area contributed by atoms with Gasteiger partial charge < -0.3 is 10.2 Å². The highest BCUT2D eigenvalue weighted by Gasteiger charge is 2.35. The average molecular weight is 447 g/mol. The fourth-order valence-electron chi connectivity index (χ4n) is 4.36. The summed E-state index contributed by atoms with van der Waals surface area (Å²) in [5.74, 6) is -0.650. The molecule has 8 nitrogen and oxygen atoms in total. The SMILES string of the molecule is O=C(CN1CCN(C(=O)c2cccc(CN3C(=O)c4ccccc4C3=O)c2)CC1)NC1CC1. The number of nitrogens with zero attached hydrogens (tertiary/aromatic N) is 3. The van der Waals surface area contributed by atoms with Crippen molar-refractivity contribution in [1.29, 1.82) is 0 Å². The third-order valence-electron chi connectivity index (χ3n) is 6.36. The molecule has 2 aliphatic heterocycles. The number of piperazine rings is 1. The van der Waals surface area contributed by atoms with Crippen molar-refractivity contribution >= 4 is 23.6 Å². The van der Waals surface area contributed by atoms with Crippen LogP contribution < -0.4 is 5.32 Å². The molecule has 170 valence electrons. The molecule has 0 unspecified atom stereocenters. The number of benzene rings is 2. The van der Waals surface area contributed by atoms with Crippen molar-refractivity contribution in [2.24, 2.45) is 0 Å². The Hall–Kier alpha value is -3.52. The molecule has 0 radical (unpaired) electrons. The van der Waals surface area contributed by atoms with E-state index in [1.165, 1.54) is 4.90 Å². The number of hydrogen-bond acceptors (Lipinski definition) is 5. The maximum atomic E-state index is 13.1. The van der Waals surface area contributed by atoms with Crippen molar-refractivity contribution in [2.45, 2.75) is 25.4 Å². The maximum absolute atomic E-state index is 13.1. The predicted octanol–water partition coefficient (Wildman–Crippen LogP) is 1.52. The van der Waals surface area contributed by atoms with Crippen LogP contribution >= 0.6 is 0 Å². The first-order valence-corrected chi connectivity index (χ1v) is 11.3. The van der Waals surface area contributed by atoms with Gasteiger partial charge in [-0.15, -0.1) is 0 Å². The number of imide groups is 1. The first kappa shape index (κ1) is 21.3. The summed E-state index contributed by atoms with van der Waals surface area (Å²) in [6.45, 7) is 2.90. The molecule has 0 bridgehead atoms. The molecule has 2 fully saturated rings. The van der Waals surface area contributed by atoms with Gasteiger partial charge in [0, 0.05) is 37.8 Å². The van der Waals surface area contributed by atoms with Crippen LogP contribution in [-0.4, -0.2) is 77.1 Å². The van der Waals surface area contributed by atoms with Gasteiger partial charge in [-0.1, -0.05) is 24.3 Å². The van der Waals surface area contributed by atoms with Crippen molar-refractivity contribution in [3.8, 4) is 0 Å². The van der Waals surface area contributed by atoms with E-state index in [1.807, 2.05) is 6.07 Å². The second kappa shape index (κ2) is 8.78. The van der Waals surface area contributed by atoms with Crippen LogP contribution in [0.15, 0.2) is 48.5 Å². The van der Waals surface area contributed by atoms with E-state index < -0.39 is 0 Å². The molecule has 3 aliphatic rings. The third kappa shape index (κ3) is 4.52. The number of carbonyl (C=O) groups is 4. The molecule has 1 N–H and O–H groups in total. The normalized spacial score (nSPS) is 18.4. The zero-order valence-electron chi connectivity index (χ0n) is 18.3. The lowest BCUT2D eigenvalue weighted by Crippen LogP contribution is -2.51. The fraction of sp³-hybridized carbons (Fsp3) is 0.360. The van der Waals surface area contributed by atoms with Gasteiger partial charge >= 0.3 is 0 Å². The van der Waals surface area contributed by atoms with Crippen molar-refractivity contribution in [1.82, 2.24) is 20.0 Å². The molecule has 5 rings (SSSR count). The molecule has 1 saturated carbocycles. The van der Waals surface area contributed by atoms with Gasteiger partial charge in [-0.05, 0) is 42.7 Å². The largest absolute Gasteiger partial charge is 0.352 e. The van der Waals surface area contributed by atoms with Crippen molar-refractivity contribution < 1.29 is 19.2 Å². The van der Waals surface area contributed by atoms with E-state index in [2.05, 4.69) is 10.2 Å². The Morgan fingerprint density at radius 2 is 1.55 bits per heavy atom. The second-order valence-corrected chi connectivity index (χ2v) is 8.85. The monoisotopic (exact) mass is 446 g/mol. The Morgan fingerprint density at radius 3 is 2.18 bits per heavy atom. The fourth-order valence-corrected chi connectivity index (χ4v) is 4.36. The highest BCUT2D eigenvalue weighted by atomic mass is 16.2. The van der Waals surface area contributed by atoms with Gasteiger partial charge in [0.05, 0.1) is 24.2 Å². The average Bonchev–Trinajstić information content (AvgIpc) is 3.62. The minimum atomic E-state index is -0.311. The number of rotatable bonds is 6. The van der Waals surface area contributed by atoms with Crippen LogP contribution in [0.1, 0.15) is 49.5 Å². The first-order chi connectivity index (χ1) is 16.0. The van der Waals surface area contributed by atoms with Crippen LogP contribution in [0, 0.1) is 0 Å². The lowest BCUT2D eigenvalue weighted by atomic mass is 10.1. The van der Waals surface area contributed by atoms with E-state index in [9.17, 15) is 19.2 Å². The summed E-state index contributed by atoms with van der Waals surface area (Å²) < 4.78 is 0. The van der Waals surface area contributed by atoms with Gasteiger partial charge in [0.25, 0.3) is 17.7 Å². The van der Waals surface area contributed by atoms with Gasteiger partial charge in [-0.25, -0.2) is 0 Å². The van der Waals surface area contributed by atoms with Gasteiger partial charge in [0.1, 0.15) is 0 Å². The van der Waals surface area contributed by atoms with E-state index in [-0.39, 0.29) is 30.2 Å². The van der Waals surface area contributed by atoms with E-state index in [0.29, 0.717) is 55.5 Å². The van der Waals surface area contributed by atoms with Gasteiger partial charge in [0.2, 0.25) is 5.91 Å². The summed E-state index contributed by atoms with van der Waals surface area (Å²) in [7, 11) is 0. The number of nitrogens with one attached hydrogen (secondary N) is 1. The smallest absolute Gasteiger partial charge is 0.261 e. The van der Waals surface area contributed by atoms with Crippen molar-refractivity contribution in [3.05, 3.63) is 70.8 Å². The molecular weight excluding hydrogens is 420 g/mol. The standard InChI is InChI=1S/C25H26N4O4/c30-22(26-19-8-9-19)16-27-10-12-28(13-11-27)23(31)18-5-3-4-17(14-18)15-29-24(32)20-6-1-2-7-21(20)25(29)33/h1-7,14,19H,8-13,15-16H2,(H,26,30). The van der Waals surface area contributed by atoms with Crippen molar-refractivity contribution in [2.75, 3.05) is 32.7 Å². The molecule has 4 amide bonds. The summed E-state index contributed by atoms with van der Waals surface area (Å²) in [6.07, 6.45) is 2.14. The Labute approximate surface area is 192 Å². The topological polar surface area (TPSA) is 90.0 Å². The molecule has 1 aliphatic carbocycles. The number of fused-ring (bicyclic) bond motifs is 1. The Kier molecular flexibility index (Phi) is 5.68. The molecule has 0 atom stereocenters. The Bertz CT molecular complexity index is 1080. The van der Waals surface area contributed by atoms with Crippen LogP contribution in [0.3, 0.4) is 0 Å². The minimum absolute atomic E-state index is 0.0538. The maximum Gasteiger partial charge on any atom is 0.261 e. The zero-order valence-corrected chi connectivity index (χ0v) is 18.3. The Morgan fingerprint density at radius 1 is 0.879 bits per heavy atom. The summed E-state index contributed by atoms with van der Waals surface area (Å²) in [4.78, 5) is 55.4. The lowest BCUT2D eigenvalue weighted by molar-refractivity contribution is -0.122. The molecule has 0 spiro atoms. The predicted molar refractivity (Wildman–Crippen MR) is 121 cm³/mol. The minimum Gasteiger partial charge on any atom is -0.352 e. The molecule has 0 aromatic heterocycles. The van der Waals surface area contributed by atoms with E-state index >= 15 is 0 Å². The van der Waals surface area contributed by atoms with Crippen LogP contribution in [0.4, 0.5) is 0 Å². The summed E-state index contributed by atoms with van der Waals surface area (Å²) in [5.41, 5.74) is 2.09.